The number of halogens is 2. The van der Waals surface area contributed by atoms with E-state index in [1.165, 1.54) is 24.3 Å². The minimum atomic E-state index is -0.908. The van der Waals surface area contributed by atoms with E-state index in [-0.39, 0.29) is 5.56 Å². The van der Waals surface area contributed by atoms with Crippen LogP contribution in [0.4, 0.5) is 8.78 Å². The second-order valence-electron chi connectivity index (χ2n) is 3.53. The molecule has 0 aliphatic heterocycles. The fourth-order valence-electron chi connectivity index (χ4n) is 1.30. The van der Waals surface area contributed by atoms with E-state index < -0.39 is 17.4 Å². The van der Waals surface area contributed by atoms with Crippen molar-refractivity contribution < 1.29 is 18.7 Å². The SMILES string of the molecule is C=CC(/C=C/C(=O)c1ccc(F)cc1F)=C\C=C\O. The molecule has 0 heterocycles. The van der Waals surface area contributed by atoms with Gasteiger partial charge < -0.3 is 5.11 Å². The van der Waals surface area contributed by atoms with Gasteiger partial charge in [-0.05, 0) is 29.9 Å². The van der Waals surface area contributed by atoms with Crippen LogP contribution >= 0.6 is 0 Å². The highest BCUT2D eigenvalue weighted by Gasteiger charge is 2.09. The van der Waals surface area contributed by atoms with E-state index in [4.69, 9.17) is 5.11 Å². The normalized spacial score (nSPS) is 12.2. The average molecular weight is 262 g/mol. The van der Waals surface area contributed by atoms with Crippen molar-refractivity contribution in [1.29, 1.82) is 0 Å². The lowest BCUT2D eigenvalue weighted by Crippen LogP contribution is -1.99. The number of rotatable bonds is 5. The molecule has 0 aliphatic rings. The summed E-state index contributed by atoms with van der Waals surface area (Å²) in [6.45, 7) is 3.52. The van der Waals surface area contributed by atoms with Gasteiger partial charge in [0.2, 0.25) is 0 Å². The lowest BCUT2D eigenvalue weighted by Gasteiger charge is -1.98. The predicted molar refractivity (Wildman–Crippen MR) is 69.9 cm³/mol. The van der Waals surface area contributed by atoms with E-state index in [1.807, 2.05) is 0 Å². The first-order chi connectivity index (χ1) is 9.08. The Morgan fingerprint density at radius 2 is 2.00 bits per heavy atom. The number of ketones is 1. The largest absolute Gasteiger partial charge is 0.516 e. The summed E-state index contributed by atoms with van der Waals surface area (Å²) >= 11 is 0. The Morgan fingerprint density at radius 1 is 1.26 bits per heavy atom. The van der Waals surface area contributed by atoms with Crippen LogP contribution in [0.3, 0.4) is 0 Å². The van der Waals surface area contributed by atoms with Crippen LogP contribution in [-0.4, -0.2) is 10.9 Å². The number of hydrogen-bond acceptors (Lipinski definition) is 2. The second-order valence-corrected chi connectivity index (χ2v) is 3.53. The van der Waals surface area contributed by atoms with Crippen molar-refractivity contribution >= 4 is 5.78 Å². The molecule has 0 spiro atoms. The fraction of sp³-hybridized carbons (Fsp3) is 0. The van der Waals surface area contributed by atoms with E-state index in [2.05, 4.69) is 6.58 Å². The molecule has 0 radical (unpaired) electrons. The number of aliphatic hydroxyl groups excluding tert-OH is 1. The summed E-state index contributed by atoms with van der Waals surface area (Å²) in [6, 6.07) is 2.75. The maximum Gasteiger partial charge on any atom is 0.188 e. The van der Waals surface area contributed by atoms with Crippen LogP contribution in [-0.2, 0) is 0 Å². The van der Waals surface area contributed by atoms with Crippen LogP contribution in [0.2, 0.25) is 0 Å². The Bertz CT molecular complexity index is 570. The Hall–Kier alpha value is -2.49. The quantitative estimate of drug-likeness (QED) is 0.378. The van der Waals surface area contributed by atoms with Crippen molar-refractivity contribution in [3.8, 4) is 0 Å². The zero-order valence-electron chi connectivity index (χ0n) is 10.0. The third-order valence-electron chi connectivity index (χ3n) is 2.23. The molecule has 0 fully saturated rings. The summed E-state index contributed by atoms with van der Waals surface area (Å²) in [5.74, 6) is -2.23. The van der Waals surface area contributed by atoms with E-state index >= 15 is 0 Å². The van der Waals surface area contributed by atoms with Crippen LogP contribution in [0, 0.1) is 11.6 Å². The molecule has 0 unspecified atom stereocenters. The highest BCUT2D eigenvalue weighted by atomic mass is 19.1. The van der Waals surface area contributed by atoms with Crippen molar-refractivity contribution in [3.05, 3.63) is 84.2 Å². The van der Waals surface area contributed by atoms with Crippen molar-refractivity contribution in [1.82, 2.24) is 0 Å². The lowest BCUT2D eigenvalue weighted by atomic mass is 10.1. The molecule has 1 aromatic rings. The van der Waals surface area contributed by atoms with Crippen LogP contribution in [0.25, 0.3) is 0 Å². The first-order valence-corrected chi connectivity index (χ1v) is 5.39. The van der Waals surface area contributed by atoms with Crippen LogP contribution in [0.5, 0.6) is 0 Å². The summed E-state index contributed by atoms with van der Waals surface area (Å²) in [7, 11) is 0. The van der Waals surface area contributed by atoms with Crippen molar-refractivity contribution in [2.24, 2.45) is 0 Å². The van der Waals surface area contributed by atoms with Gasteiger partial charge in [0, 0.05) is 6.07 Å². The lowest BCUT2D eigenvalue weighted by molar-refractivity contribution is 0.104. The van der Waals surface area contributed by atoms with E-state index in [0.717, 1.165) is 24.5 Å². The molecule has 98 valence electrons. The van der Waals surface area contributed by atoms with Gasteiger partial charge >= 0.3 is 0 Å². The van der Waals surface area contributed by atoms with Gasteiger partial charge in [0.25, 0.3) is 0 Å². The van der Waals surface area contributed by atoms with Gasteiger partial charge in [-0.2, -0.15) is 0 Å². The first kappa shape index (κ1) is 14.6. The molecule has 0 saturated heterocycles. The minimum absolute atomic E-state index is 0.209. The number of hydrogen-bond donors (Lipinski definition) is 1. The molecular formula is C15H12F2O2. The molecule has 2 nitrogen and oxygen atoms in total. The third kappa shape index (κ3) is 4.35. The number of benzene rings is 1. The minimum Gasteiger partial charge on any atom is -0.516 e. The average Bonchev–Trinajstić information content (AvgIpc) is 2.38. The van der Waals surface area contributed by atoms with Crippen LogP contribution in [0.15, 0.2) is 67.0 Å². The van der Waals surface area contributed by atoms with Crippen molar-refractivity contribution in [3.63, 3.8) is 0 Å². The standard InChI is InChI=1S/C15H12F2O2/c1-2-11(4-3-9-18)5-8-15(19)13-7-6-12(16)10-14(13)17/h2-10,18H,1H2/b8-5+,9-3+,11-4+. The Balaban J connectivity index is 2.92. The summed E-state index contributed by atoms with van der Waals surface area (Å²) in [4.78, 5) is 11.7. The number of allylic oxidation sites excluding steroid dienone is 6. The van der Waals surface area contributed by atoms with E-state index in [1.54, 1.807) is 0 Å². The number of aliphatic hydroxyl groups is 1. The van der Waals surface area contributed by atoms with Gasteiger partial charge in [-0.15, -0.1) is 0 Å². The molecule has 0 saturated carbocycles. The molecule has 0 atom stereocenters. The molecule has 19 heavy (non-hydrogen) atoms. The van der Waals surface area contributed by atoms with Gasteiger partial charge in [-0.3, -0.25) is 4.79 Å². The molecule has 0 amide bonds. The zero-order valence-corrected chi connectivity index (χ0v) is 10.0. The van der Waals surface area contributed by atoms with Gasteiger partial charge in [0.05, 0.1) is 11.8 Å². The molecular weight excluding hydrogens is 250 g/mol. The summed E-state index contributed by atoms with van der Waals surface area (Å²) in [5.41, 5.74) is 0.347. The van der Waals surface area contributed by atoms with Crippen LogP contribution < -0.4 is 0 Å². The topological polar surface area (TPSA) is 37.3 Å². The Labute approximate surface area is 109 Å². The maximum absolute atomic E-state index is 13.3. The molecule has 1 N–H and O–H groups in total. The number of carbonyl (C=O) groups excluding carboxylic acids is 1. The smallest absolute Gasteiger partial charge is 0.188 e. The first-order valence-electron chi connectivity index (χ1n) is 5.39. The van der Waals surface area contributed by atoms with Crippen molar-refractivity contribution in [2.45, 2.75) is 0 Å². The third-order valence-corrected chi connectivity index (χ3v) is 2.23. The van der Waals surface area contributed by atoms with E-state index in [0.29, 0.717) is 11.6 Å². The predicted octanol–water partition coefficient (Wildman–Crippen LogP) is 3.89. The molecule has 0 bridgehead atoms. The van der Waals surface area contributed by atoms with Crippen LogP contribution in [0.1, 0.15) is 10.4 Å². The fourth-order valence-corrected chi connectivity index (χ4v) is 1.30. The molecule has 1 aromatic carbocycles. The summed E-state index contributed by atoms with van der Waals surface area (Å²) in [6.07, 6.45) is 7.72. The molecule has 1 rings (SSSR count). The Morgan fingerprint density at radius 3 is 2.58 bits per heavy atom. The zero-order chi connectivity index (χ0) is 14.3. The summed E-state index contributed by atoms with van der Waals surface area (Å²) in [5, 5.41) is 8.49. The van der Waals surface area contributed by atoms with Gasteiger partial charge in [0.15, 0.2) is 5.78 Å². The Kier molecular flexibility index (Phi) is 5.41. The molecule has 0 aromatic heterocycles. The highest BCUT2D eigenvalue weighted by Crippen LogP contribution is 2.11. The number of carbonyl (C=O) groups is 1. The van der Waals surface area contributed by atoms with E-state index in [9.17, 15) is 13.6 Å². The second kappa shape index (κ2) is 7.06. The molecule has 0 aliphatic carbocycles. The van der Waals surface area contributed by atoms with Crippen molar-refractivity contribution in [2.75, 3.05) is 0 Å². The summed E-state index contributed by atoms with van der Waals surface area (Å²) < 4.78 is 26.0. The van der Waals surface area contributed by atoms with Gasteiger partial charge in [-0.25, -0.2) is 8.78 Å². The molecule has 4 heteroatoms. The monoisotopic (exact) mass is 262 g/mol. The van der Waals surface area contributed by atoms with Gasteiger partial charge in [-0.1, -0.05) is 24.8 Å². The van der Waals surface area contributed by atoms with Gasteiger partial charge in [0.1, 0.15) is 11.6 Å². The maximum atomic E-state index is 13.3. The highest BCUT2D eigenvalue weighted by molar-refractivity contribution is 6.04.